The van der Waals surface area contributed by atoms with E-state index in [1.807, 2.05) is 12.1 Å². The molecule has 2 aromatic heterocycles. The fourth-order valence-corrected chi connectivity index (χ4v) is 6.48. The molecule has 2 unspecified atom stereocenters. The molecule has 0 bridgehead atoms. The van der Waals surface area contributed by atoms with E-state index in [1.165, 1.54) is 56.1 Å². The Balaban J connectivity index is 1.08. The van der Waals surface area contributed by atoms with Gasteiger partial charge in [-0.1, -0.05) is 71.9 Å². The summed E-state index contributed by atoms with van der Waals surface area (Å²) in [6.45, 7) is 11.2. The van der Waals surface area contributed by atoms with E-state index in [9.17, 15) is 9.59 Å². The molecule has 2 heterocycles. The van der Waals surface area contributed by atoms with Gasteiger partial charge in [0, 0.05) is 35.6 Å². The summed E-state index contributed by atoms with van der Waals surface area (Å²) in [6.07, 6.45) is 13.0. The first-order valence-corrected chi connectivity index (χ1v) is 14.5. The normalized spacial score (nSPS) is 21.8. The Kier molecular flexibility index (Phi) is 9.12. The Morgan fingerprint density at radius 1 is 0.649 bits per heavy atom. The Labute approximate surface area is 222 Å². The van der Waals surface area contributed by atoms with Crippen molar-refractivity contribution in [3.05, 3.63) is 67.5 Å². The van der Waals surface area contributed by atoms with E-state index >= 15 is 0 Å². The van der Waals surface area contributed by atoms with Crippen LogP contribution in [0.5, 0.6) is 0 Å². The molecule has 0 saturated carbocycles. The first-order valence-electron chi connectivity index (χ1n) is 14.5. The number of H-pyrrole nitrogens is 2. The highest BCUT2D eigenvalue weighted by atomic mass is 16.1. The summed E-state index contributed by atoms with van der Waals surface area (Å²) in [5, 5.41) is 7.54. The lowest BCUT2D eigenvalue weighted by molar-refractivity contribution is 0.253. The highest BCUT2D eigenvalue weighted by Gasteiger charge is 2.33. The Morgan fingerprint density at radius 2 is 1.03 bits per heavy atom. The molecule has 2 aromatic rings. The molecular formula is C31H48N4O2. The predicted molar refractivity (Wildman–Crippen MR) is 152 cm³/mol. The van der Waals surface area contributed by atoms with Crippen molar-refractivity contribution in [3.8, 4) is 0 Å². The van der Waals surface area contributed by atoms with Crippen LogP contribution < -0.4 is 21.8 Å². The molecule has 37 heavy (non-hydrogen) atoms. The van der Waals surface area contributed by atoms with E-state index in [-0.39, 0.29) is 21.9 Å². The molecule has 4 rings (SSSR count). The Morgan fingerprint density at radius 3 is 1.43 bits per heavy atom. The van der Waals surface area contributed by atoms with E-state index in [1.54, 1.807) is 12.1 Å². The number of aromatic nitrogens is 2. The molecule has 0 spiro atoms. The molecular weight excluding hydrogens is 460 g/mol. The maximum atomic E-state index is 11.8. The zero-order chi connectivity index (χ0) is 26.5. The van der Waals surface area contributed by atoms with Crippen molar-refractivity contribution < 1.29 is 0 Å². The summed E-state index contributed by atoms with van der Waals surface area (Å²) in [5.41, 5.74) is 5.21. The van der Waals surface area contributed by atoms with Gasteiger partial charge in [0.1, 0.15) is 0 Å². The van der Waals surface area contributed by atoms with Crippen LogP contribution in [0, 0.1) is 10.8 Å². The Hall–Kier alpha value is -2.18. The van der Waals surface area contributed by atoms with E-state index < -0.39 is 0 Å². The number of unbranched alkanes of at least 4 members (excludes halogenated alkanes) is 6. The molecule has 0 saturated heterocycles. The second-order valence-electron chi connectivity index (χ2n) is 13.1. The third-order valence-electron chi connectivity index (χ3n) is 8.28. The average molecular weight is 509 g/mol. The third-order valence-corrected chi connectivity index (χ3v) is 8.28. The molecule has 4 N–H and O–H groups in total. The SMILES string of the molecule is CC1(C)Cc2[nH]c(=O)ccc2C(NCCCCCCCCCNC2CC(C)(C)Cc3[nH]c(=O)ccc32)C1. The van der Waals surface area contributed by atoms with Gasteiger partial charge in [0.25, 0.3) is 0 Å². The van der Waals surface area contributed by atoms with E-state index in [4.69, 9.17) is 0 Å². The first-order chi connectivity index (χ1) is 17.6. The van der Waals surface area contributed by atoms with Crippen molar-refractivity contribution in [2.24, 2.45) is 10.8 Å². The number of rotatable bonds is 12. The zero-order valence-electron chi connectivity index (χ0n) is 23.5. The molecule has 2 aliphatic carbocycles. The summed E-state index contributed by atoms with van der Waals surface area (Å²) >= 11 is 0. The number of fused-ring (bicyclic) bond motifs is 2. The van der Waals surface area contributed by atoms with Gasteiger partial charge < -0.3 is 20.6 Å². The topological polar surface area (TPSA) is 89.8 Å². The van der Waals surface area contributed by atoms with Crippen LogP contribution in [0.3, 0.4) is 0 Å². The molecule has 0 aromatic carbocycles. The van der Waals surface area contributed by atoms with Crippen LogP contribution in [0.2, 0.25) is 0 Å². The lowest BCUT2D eigenvalue weighted by atomic mass is 9.74. The maximum Gasteiger partial charge on any atom is 0.248 e. The Bertz CT molecular complexity index is 1060. The molecule has 6 heteroatoms. The van der Waals surface area contributed by atoms with Crippen LogP contribution in [-0.4, -0.2) is 23.1 Å². The average Bonchev–Trinajstić information content (AvgIpc) is 2.80. The summed E-state index contributed by atoms with van der Waals surface area (Å²) in [6, 6.07) is 8.04. The summed E-state index contributed by atoms with van der Waals surface area (Å²) < 4.78 is 0. The lowest BCUT2D eigenvalue weighted by Gasteiger charge is -2.37. The van der Waals surface area contributed by atoms with Gasteiger partial charge in [-0.05, 0) is 73.6 Å². The number of nitrogens with one attached hydrogen (secondary N) is 4. The van der Waals surface area contributed by atoms with Crippen LogP contribution in [-0.2, 0) is 12.8 Å². The van der Waals surface area contributed by atoms with Gasteiger partial charge in [-0.2, -0.15) is 0 Å². The van der Waals surface area contributed by atoms with Crippen LogP contribution in [0.1, 0.15) is 120 Å². The van der Waals surface area contributed by atoms with E-state index in [2.05, 4.69) is 48.3 Å². The van der Waals surface area contributed by atoms with Gasteiger partial charge in [-0.15, -0.1) is 0 Å². The van der Waals surface area contributed by atoms with Crippen molar-refractivity contribution in [2.45, 2.75) is 110 Å². The van der Waals surface area contributed by atoms with Gasteiger partial charge in [0.2, 0.25) is 11.1 Å². The van der Waals surface area contributed by atoms with Crippen molar-refractivity contribution in [1.82, 2.24) is 20.6 Å². The van der Waals surface area contributed by atoms with Crippen molar-refractivity contribution >= 4 is 0 Å². The maximum absolute atomic E-state index is 11.8. The van der Waals surface area contributed by atoms with Gasteiger partial charge in [-0.3, -0.25) is 9.59 Å². The largest absolute Gasteiger partial charge is 0.326 e. The van der Waals surface area contributed by atoms with Crippen LogP contribution in [0.15, 0.2) is 33.9 Å². The van der Waals surface area contributed by atoms with Gasteiger partial charge in [0.15, 0.2) is 0 Å². The molecule has 0 aliphatic heterocycles. The van der Waals surface area contributed by atoms with Crippen LogP contribution >= 0.6 is 0 Å². The van der Waals surface area contributed by atoms with Crippen molar-refractivity contribution in [2.75, 3.05) is 13.1 Å². The first kappa shape index (κ1) is 27.8. The van der Waals surface area contributed by atoms with E-state index in [0.29, 0.717) is 12.1 Å². The minimum atomic E-state index is 0.00631. The highest BCUT2D eigenvalue weighted by Crippen LogP contribution is 2.40. The summed E-state index contributed by atoms with van der Waals surface area (Å²) in [4.78, 5) is 29.7. The number of hydrogen-bond donors (Lipinski definition) is 4. The zero-order valence-corrected chi connectivity index (χ0v) is 23.5. The fourth-order valence-electron chi connectivity index (χ4n) is 6.48. The number of hydrogen-bond acceptors (Lipinski definition) is 4. The predicted octanol–water partition coefficient (Wildman–Crippen LogP) is 5.70. The quantitative estimate of drug-likeness (QED) is 0.277. The van der Waals surface area contributed by atoms with Crippen molar-refractivity contribution in [1.29, 1.82) is 0 Å². The molecule has 6 nitrogen and oxygen atoms in total. The van der Waals surface area contributed by atoms with Crippen LogP contribution in [0.4, 0.5) is 0 Å². The number of pyridine rings is 2. The van der Waals surface area contributed by atoms with Crippen molar-refractivity contribution in [3.63, 3.8) is 0 Å². The molecule has 2 aliphatic rings. The van der Waals surface area contributed by atoms with E-state index in [0.717, 1.165) is 50.2 Å². The molecule has 0 radical (unpaired) electrons. The number of aromatic amines is 2. The smallest absolute Gasteiger partial charge is 0.248 e. The van der Waals surface area contributed by atoms with Gasteiger partial charge in [0.05, 0.1) is 0 Å². The highest BCUT2D eigenvalue weighted by molar-refractivity contribution is 5.29. The molecule has 2 atom stereocenters. The second kappa shape index (κ2) is 12.1. The van der Waals surface area contributed by atoms with Gasteiger partial charge in [-0.25, -0.2) is 0 Å². The monoisotopic (exact) mass is 508 g/mol. The summed E-state index contributed by atoms with van der Waals surface area (Å²) in [7, 11) is 0. The molecule has 204 valence electrons. The third kappa shape index (κ3) is 7.90. The second-order valence-corrected chi connectivity index (χ2v) is 13.1. The molecule has 0 fully saturated rings. The standard InChI is InChI=1S/C31H48N4O2/c1-30(2)18-24(22-12-14-28(36)34-26(22)20-30)32-16-10-8-6-5-7-9-11-17-33-25-19-31(3,4)21-27-23(25)13-15-29(37)35-27/h12-15,24-25,32-33H,5-11,16-21H2,1-4H3,(H,34,36)(H,35,37). The van der Waals surface area contributed by atoms with Gasteiger partial charge >= 0.3 is 0 Å². The fraction of sp³-hybridized carbons (Fsp3) is 0.677. The summed E-state index contributed by atoms with van der Waals surface area (Å²) in [5.74, 6) is 0. The van der Waals surface area contributed by atoms with Crippen LogP contribution in [0.25, 0.3) is 0 Å². The molecule has 0 amide bonds. The minimum Gasteiger partial charge on any atom is -0.326 e. The lowest BCUT2D eigenvalue weighted by Crippen LogP contribution is -2.35. The minimum absolute atomic E-state index is 0.00631.